The minimum absolute atomic E-state index is 0.142. The summed E-state index contributed by atoms with van der Waals surface area (Å²) >= 11 is 0. The van der Waals surface area contributed by atoms with Crippen LogP contribution in [0.15, 0.2) is 84.9 Å². The molecule has 0 aliphatic heterocycles. The fourth-order valence-corrected chi connectivity index (χ4v) is 3.76. The van der Waals surface area contributed by atoms with Crippen molar-refractivity contribution in [2.45, 2.75) is 44.0 Å². The predicted molar refractivity (Wildman–Crippen MR) is 127 cm³/mol. The third kappa shape index (κ3) is 6.67. The molecule has 33 heavy (non-hydrogen) atoms. The molecule has 0 saturated heterocycles. The van der Waals surface area contributed by atoms with Gasteiger partial charge in [-0.25, -0.2) is 4.79 Å². The van der Waals surface area contributed by atoms with E-state index in [-0.39, 0.29) is 18.6 Å². The van der Waals surface area contributed by atoms with Gasteiger partial charge >= 0.3 is 6.09 Å². The van der Waals surface area contributed by atoms with Gasteiger partial charge in [-0.15, -0.1) is 0 Å². The first-order valence-electron chi connectivity index (χ1n) is 11.2. The van der Waals surface area contributed by atoms with E-state index in [1.807, 2.05) is 72.8 Å². The zero-order chi connectivity index (χ0) is 23.0. The maximum atomic E-state index is 13.0. The summed E-state index contributed by atoms with van der Waals surface area (Å²) in [4.78, 5) is 25.4. The molecule has 1 fully saturated rings. The summed E-state index contributed by atoms with van der Waals surface area (Å²) < 4.78 is 5.32. The van der Waals surface area contributed by atoms with Crippen LogP contribution in [0.4, 0.5) is 4.79 Å². The zero-order valence-electron chi connectivity index (χ0n) is 18.4. The van der Waals surface area contributed by atoms with Crippen LogP contribution in [-0.4, -0.2) is 24.1 Å². The molecule has 2 amide bonds. The maximum absolute atomic E-state index is 13.0. The van der Waals surface area contributed by atoms with Crippen LogP contribution in [0.1, 0.15) is 34.6 Å². The normalized spacial score (nSPS) is 17.6. The fourth-order valence-electron chi connectivity index (χ4n) is 3.76. The molecule has 4 rings (SSSR count). The van der Waals surface area contributed by atoms with E-state index in [1.54, 1.807) is 0 Å². The lowest BCUT2D eigenvalue weighted by molar-refractivity contribution is -0.123. The second-order valence-electron chi connectivity index (χ2n) is 8.41. The number of nitrogens with two attached hydrogens (primary N) is 1. The topological polar surface area (TPSA) is 93.5 Å². The summed E-state index contributed by atoms with van der Waals surface area (Å²) in [5.41, 5.74) is 9.99. The SMILES string of the molecule is NC1CC1c1ccc(CNC(=O)C(Cc2ccccc2)NC(=O)OCc2ccccc2)cc1. The number of alkyl carbamates (subject to hydrolysis) is 1. The molecule has 3 aromatic rings. The van der Waals surface area contributed by atoms with E-state index in [2.05, 4.69) is 22.8 Å². The van der Waals surface area contributed by atoms with Gasteiger partial charge in [0.2, 0.25) is 5.91 Å². The van der Waals surface area contributed by atoms with Crippen molar-refractivity contribution in [1.29, 1.82) is 0 Å². The standard InChI is InChI=1S/C27H29N3O3/c28-24-16-23(24)22-13-11-20(12-14-22)17-29-26(31)25(15-19-7-3-1-4-8-19)30-27(32)33-18-21-9-5-2-6-10-21/h1-14,23-25H,15-18,28H2,(H,29,31)(H,30,32). The lowest BCUT2D eigenvalue weighted by Crippen LogP contribution is -2.48. The summed E-state index contributed by atoms with van der Waals surface area (Å²) in [6.45, 7) is 0.519. The van der Waals surface area contributed by atoms with Crippen LogP contribution < -0.4 is 16.4 Å². The molecule has 0 heterocycles. The fraction of sp³-hybridized carbons (Fsp3) is 0.259. The van der Waals surface area contributed by atoms with Crippen LogP contribution in [0.5, 0.6) is 0 Å². The Balaban J connectivity index is 1.34. The molecule has 3 unspecified atom stereocenters. The smallest absolute Gasteiger partial charge is 0.408 e. The zero-order valence-corrected chi connectivity index (χ0v) is 18.4. The highest BCUT2D eigenvalue weighted by Crippen LogP contribution is 2.38. The summed E-state index contributed by atoms with van der Waals surface area (Å²) in [7, 11) is 0. The Morgan fingerprint density at radius 1 is 0.879 bits per heavy atom. The number of hydrogen-bond acceptors (Lipinski definition) is 4. The highest BCUT2D eigenvalue weighted by atomic mass is 16.5. The van der Waals surface area contributed by atoms with E-state index >= 15 is 0 Å². The number of hydrogen-bond donors (Lipinski definition) is 3. The maximum Gasteiger partial charge on any atom is 0.408 e. The first-order chi connectivity index (χ1) is 16.1. The minimum atomic E-state index is -0.751. The minimum Gasteiger partial charge on any atom is -0.445 e. The number of ether oxygens (including phenoxy) is 1. The van der Waals surface area contributed by atoms with Crippen molar-refractivity contribution in [3.8, 4) is 0 Å². The number of carbonyl (C=O) groups is 2. The van der Waals surface area contributed by atoms with Crippen molar-refractivity contribution in [2.75, 3.05) is 0 Å². The number of rotatable bonds is 9. The molecule has 0 aromatic heterocycles. The lowest BCUT2D eigenvalue weighted by atomic mass is 10.0. The van der Waals surface area contributed by atoms with Gasteiger partial charge in [0, 0.05) is 24.9 Å². The highest BCUT2D eigenvalue weighted by molar-refractivity contribution is 5.85. The number of benzene rings is 3. The Hall–Kier alpha value is -3.64. The largest absolute Gasteiger partial charge is 0.445 e. The Labute approximate surface area is 194 Å². The molecule has 6 nitrogen and oxygen atoms in total. The second-order valence-corrected chi connectivity index (χ2v) is 8.41. The van der Waals surface area contributed by atoms with Crippen LogP contribution >= 0.6 is 0 Å². The predicted octanol–water partition coefficient (Wildman–Crippen LogP) is 3.66. The van der Waals surface area contributed by atoms with Crippen LogP contribution in [0.25, 0.3) is 0 Å². The van der Waals surface area contributed by atoms with Gasteiger partial charge in [0.05, 0.1) is 0 Å². The van der Waals surface area contributed by atoms with E-state index in [1.165, 1.54) is 5.56 Å². The quantitative estimate of drug-likeness (QED) is 0.471. The summed E-state index contributed by atoms with van der Waals surface area (Å²) in [5.74, 6) is 0.193. The van der Waals surface area contributed by atoms with Crippen molar-refractivity contribution >= 4 is 12.0 Å². The van der Waals surface area contributed by atoms with Crippen LogP contribution in [0.3, 0.4) is 0 Å². The summed E-state index contributed by atoms with van der Waals surface area (Å²) in [5, 5.41) is 5.66. The molecule has 1 saturated carbocycles. The molecule has 1 aliphatic rings. The monoisotopic (exact) mass is 443 g/mol. The van der Waals surface area contributed by atoms with Gasteiger partial charge in [-0.2, -0.15) is 0 Å². The van der Waals surface area contributed by atoms with Crippen molar-refractivity contribution in [1.82, 2.24) is 10.6 Å². The first-order valence-corrected chi connectivity index (χ1v) is 11.2. The van der Waals surface area contributed by atoms with Gasteiger partial charge in [0.25, 0.3) is 0 Å². The molecule has 4 N–H and O–H groups in total. The number of amides is 2. The number of nitrogens with one attached hydrogen (secondary N) is 2. The van der Waals surface area contributed by atoms with E-state index in [9.17, 15) is 9.59 Å². The van der Waals surface area contributed by atoms with E-state index in [0.717, 1.165) is 23.1 Å². The molecular weight excluding hydrogens is 414 g/mol. The molecule has 0 bridgehead atoms. The van der Waals surface area contributed by atoms with E-state index in [0.29, 0.717) is 18.9 Å². The highest BCUT2D eigenvalue weighted by Gasteiger charge is 2.34. The molecular formula is C27H29N3O3. The van der Waals surface area contributed by atoms with Crippen LogP contribution in [-0.2, 0) is 29.1 Å². The van der Waals surface area contributed by atoms with Gasteiger partial charge in [0.1, 0.15) is 12.6 Å². The van der Waals surface area contributed by atoms with Crippen molar-refractivity contribution in [2.24, 2.45) is 5.73 Å². The van der Waals surface area contributed by atoms with Crippen LogP contribution in [0.2, 0.25) is 0 Å². The molecule has 170 valence electrons. The van der Waals surface area contributed by atoms with Gasteiger partial charge in [-0.1, -0.05) is 84.9 Å². The molecule has 3 aromatic carbocycles. The average Bonchev–Trinajstić information content (AvgIpc) is 3.59. The average molecular weight is 444 g/mol. The van der Waals surface area contributed by atoms with E-state index < -0.39 is 12.1 Å². The van der Waals surface area contributed by atoms with Gasteiger partial charge < -0.3 is 21.1 Å². The Morgan fingerprint density at radius 2 is 1.48 bits per heavy atom. The molecule has 3 atom stereocenters. The summed E-state index contributed by atoms with van der Waals surface area (Å²) in [6, 6.07) is 26.7. The Bertz CT molecular complexity index is 1050. The third-order valence-corrected chi connectivity index (χ3v) is 5.82. The van der Waals surface area contributed by atoms with Crippen molar-refractivity contribution in [3.63, 3.8) is 0 Å². The second kappa shape index (κ2) is 10.8. The molecule has 6 heteroatoms. The Kier molecular flexibility index (Phi) is 7.37. The molecule has 0 spiro atoms. The first kappa shape index (κ1) is 22.6. The Morgan fingerprint density at radius 3 is 2.09 bits per heavy atom. The van der Waals surface area contributed by atoms with E-state index in [4.69, 9.17) is 10.5 Å². The van der Waals surface area contributed by atoms with Gasteiger partial charge in [0.15, 0.2) is 0 Å². The summed E-state index contributed by atoms with van der Waals surface area (Å²) in [6.07, 6.45) is 0.773. The van der Waals surface area contributed by atoms with Gasteiger partial charge in [-0.3, -0.25) is 4.79 Å². The lowest BCUT2D eigenvalue weighted by Gasteiger charge is -2.19. The third-order valence-electron chi connectivity index (χ3n) is 5.82. The van der Waals surface area contributed by atoms with Crippen molar-refractivity contribution < 1.29 is 14.3 Å². The molecule has 1 aliphatic carbocycles. The molecule has 0 radical (unpaired) electrons. The van der Waals surface area contributed by atoms with Crippen LogP contribution in [0, 0.1) is 0 Å². The van der Waals surface area contributed by atoms with Gasteiger partial charge in [-0.05, 0) is 28.7 Å². The van der Waals surface area contributed by atoms with Crippen molar-refractivity contribution in [3.05, 3.63) is 107 Å². The number of carbonyl (C=O) groups excluding carboxylic acids is 2.